The zero-order chi connectivity index (χ0) is 24.5. The molecule has 2 aromatic heterocycles. The molecule has 1 spiro atoms. The Labute approximate surface area is 209 Å². The first kappa shape index (κ1) is 22.4. The normalized spacial score (nSPS) is 16.2. The highest BCUT2D eigenvalue weighted by Gasteiger charge is 2.38. The van der Waals surface area contributed by atoms with Crippen LogP contribution in [0.5, 0.6) is 11.5 Å². The van der Waals surface area contributed by atoms with Gasteiger partial charge in [-0.25, -0.2) is 9.67 Å². The standard InChI is InChI=1S/C28H29N5O3/c1-34-21-10-8-19(9-11-21)18-33-27-24(17-30-33)26(31-20-6-5-7-22(14-20)35-2)23(16-29-27)25-15-28(36-32-25)12-3-4-13-28/h5-11,14-17,32H,3-4,12-13,18H2,1-2H3,(H,29,31). The second kappa shape index (κ2) is 9.20. The number of nitrogens with zero attached hydrogens (tertiary/aromatic N) is 3. The number of ether oxygens (including phenoxy) is 2. The molecule has 1 saturated carbocycles. The second-order valence-corrected chi connectivity index (χ2v) is 9.33. The van der Waals surface area contributed by atoms with E-state index in [1.807, 2.05) is 65.6 Å². The van der Waals surface area contributed by atoms with Gasteiger partial charge in [0.25, 0.3) is 0 Å². The Morgan fingerprint density at radius 2 is 1.83 bits per heavy atom. The van der Waals surface area contributed by atoms with Crippen molar-refractivity contribution in [1.82, 2.24) is 20.2 Å². The average molecular weight is 484 g/mol. The molecule has 2 aliphatic rings. The van der Waals surface area contributed by atoms with Crippen LogP contribution in [0.15, 0.2) is 67.0 Å². The highest BCUT2D eigenvalue weighted by molar-refractivity contribution is 5.97. The Morgan fingerprint density at radius 3 is 2.61 bits per heavy atom. The summed E-state index contributed by atoms with van der Waals surface area (Å²) in [7, 11) is 3.34. The van der Waals surface area contributed by atoms with Crippen LogP contribution in [-0.4, -0.2) is 34.6 Å². The first-order valence-corrected chi connectivity index (χ1v) is 12.2. The van der Waals surface area contributed by atoms with Gasteiger partial charge in [0.15, 0.2) is 5.65 Å². The molecule has 1 aliphatic heterocycles. The summed E-state index contributed by atoms with van der Waals surface area (Å²) in [6.45, 7) is 0.603. The minimum atomic E-state index is -0.226. The molecule has 1 aliphatic carbocycles. The van der Waals surface area contributed by atoms with Gasteiger partial charge in [-0.3, -0.25) is 10.3 Å². The monoisotopic (exact) mass is 483 g/mol. The minimum Gasteiger partial charge on any atom is -0.497 e. The smallest absolute Gasteiger partial charge is 0.160 e. The highest BCUT2D eigenvalue weighted by atomic mass is 16.7. The third-order valence-corrected chi connectivity index (χ3v) is 7.01. The molecule has 2 N–H and O–H groups in total. The molecular formula is C28H29N5O3. The third-order valence-electron chi connectivity index (χ3n) is 7.01. The summed E-state index contributed by atoms with van der Waals surface area (Å²) < 4.78 is 12.6. The number of rotatable bonds is 7. The fraction of sp³-hybridized carbons (Fsp3) is 0.286. The van der Waals surface area contributed by atoms with E-state index in [0.717, 1.165) is 63.6 Å². The molecule has 0 bridgehead atoms. The SMILES string of the molecule is COc1ccc(Cn2ncc3c(Nc4cccc(OC)c4)c(C4=CC5(CCCC5)ON4)cnc32)cc1. The molecule has 0 amide bonds. The Balaban J connectivity index is 1.42. The number of hydrogen-bond acceptors (Lipinski definition) is 7. The summed E-state index contributed by atoms with van der Waals surface area (Å²) in [5.41, 5.74) is 8.60. The van der Waals surface area contributed by atoms with Gasteiger partial charge >= 0.3 is 0 Å². The van der Waals surface area contributed by atoms with E-state index in [-0.39, 0.29) is 5.60 Å². The quantitative estimate of drug-likeness (QED) is 0.363. The summed E-state index contributed by atoms with van der Waals surface area (Å²) in [6, 6.07) is 15.9. The van der Waals surface area contributed by atoms with Crippen LogP contribution in [0.4, 0.5) is 11.4 Å². The van der Waals surface area contributed by atoms with E-state index in [0.29, 0.717) is 6.54 Å². The van der Waals surface area contributed by atoms with Crippen molar-refractivity contribution in [3.63, 3.8) is 0 Å². The molecule has 0 atom stereocenters. The lowest BCUT2D eigenvalue weighted by Crippen LogP contribution is -2.25. The lowest BCUT2D eigenvalue weighted by molar-refractivity contribution is -0.0289. The summed E-state index contributed by atoms with van der Waals surface area (Å²) in [5, 5.41) is 9.24. The van der Waals surface area contributed by atoms with Gasteiger partial charge in [0, 0.05) is 23.5 Å². The predicted octanol–water partition coefficient (Wildman–Crippen LogP) is 5.43. The zero-order valence-electron chi connectivity index (χ0n) is 20.5. The van der Waals surface area contributed by atoms with Crippen LogP contribution < -0.4 is 20.3 Å². The number of fused-ring (bicyclic) bond motifs is 1. The summed E-state index contributed by atoms with van der Waals surface area (Å²) in [6.07, 6.45) is 10.4. The van der Waals surface area contributed by atoms with Gasteiger partial charge in [0.05, 0.1) is 43.7 Å². The van der Waals surface area contributed by atoms with E-state index in [1.165, 1.54) is 12.8 Å². The van der Waals surface area contributed by atoms with Crippen molar-refractivity contribution in [3.8, 4) is 11.5 Å². The lowest BCUT2D eigenvalue weighted by Gasteiger charge is -2.17. The molecule has 36 heavy (non-hydrogen) atoms. The molecule has 0 unspecified atom stereocenters. The molecule has 0 saturated heterocycles. The van der Waals surface area contributed by atoms with Crippen molar-refractivity contribution in [2.45, 2.75) is 37.8 Å². The largest absolute Gasteiger partial charge is 0.497 e. The van der Waals surface area contributed by atoms with Crippen molar-refractivity contribution in [1.29, 1.82) is 0 Å². The van der Waals surface area contributed by atoms with Crippen LogP contribution in [0.25, 0.3) is 16.7 Å². The Bertz CT molecular complexity index is 1420. The molecule has 8 heteroatoms. The van der Waals surface area contributed by atoms with Crippen LogP contribution >= 0.6 is 0 Å². The number of pyridine rings is 1. The second-order valence-electron chi connectivity index (χ2n) is 9.33. The summed E-state index contributed by atoms with van der Waals surface area (Å²) in [4.78, 5) is 10.9. The zero-order valence-corrected chi connectivity index (χ0v) is 20.5. The van der Waals surface area contributed by atoms with Crippen molar-refractivity contribution in [3.05, 3.63) is 78.1 Å². The van der Waals surface area contributed by atoms with Crippen molar-refractivity contribution in [2.24, 2.45) is 0 Å². The minimum absolute atomic E-state index is 0.226. The van der Waals surface area contributed by atoms with E-state index < -0.39 is 0 Å². The molecule has 4 aromatic rings. The summed E-state index contributed by atoms with van der Waals surface area (Å²) >= 11 is 0. The molecule has 3 heterocycles. The van der Waals surface area contributed by atoms with Crippen LogP contribution in [0, 0.1) is 0 Å². The fourth-order valence-electron chi connectivity index (χ4n) is 5.06. The van der Waals surface area contributed by atoms with E-state index in [9.17, 15) is 0 Å². The van der Waals surface area contributed by atoms with Crippen LogP contribution in [0.3, 0.4) is 0 Å². The van der Waals surface area contributed by atoms with E-state index in [1.54, 1.807) is 14.2 Å². The third kappa shape index (κ3) is 4.13. The van der Waals surface area contributed by atoms with E-state index in [2.05, 4.69) is 16.9 Å². The van der Waals surface area contributed by atoms with Gasteiger partial charge in [-0.1, -0.05) is 31.0 Å². The van der Waals surface area contributed by atoms with Gasteiger partial charge in [0.1, 0.15) is 17.1 Å². The van der Waals surface area contributed by atoms with Crippen LogP contribution in [-0.2, 0) is 11.4 Å². The molecule has 6 rings (SSSR count). The maximum atomic E-state index is 6.08. The molecule has 2 aromatic carbocycles. The number of hydroxylamine groups is 1. The molecule has 8 nitrogen and oxygen atoms in total. The summed E-state index contributed by atoms with van der Waals surface area (Å²) in [5.74, 6) is 1.62. The molecule has 0 radical (unpaired) electrons. The molecule has 1 fully saturated rings. The number of aromatic nitrogens is 3. The van der Waals surface area contributed by atoms with Gasteiger partial charge in [-0.2, -0.15) is 5.10 Å². The van der Waals surface area contributed by atoms with E-state index >= 15 is 0 Å². The number of nitrogens with one attached hydrogen (secondary N) is 2. The Morgan fingerprint density at radius 1 is 1.03 bits per heavy atom. The van der Waals surface area contributed by atoms with E-state index in [4.69, 9.17) is 24.4 Å². The lowest BCUT2D eigenvalue weighted by atomic mass is 9.99. The maximum Gasteiger partial charge on any atom is 0.160 e. The highest BCUT2D eigenvalue weighted by Crippen LogP contribution is 2.42. The topological polar surface area (TPSA) is 82.5 Å². The molecule has 184 valence electrons. The van der Waals surface area contributed by atoms with Gasteiger partial charge in [0.2, 0.25) is 0 Å². The van der Waals surface area contributed by atoms with Gasteiger partial charge < -0.3 is 14.8 Å². The van der Waals surface area contributed by atoms with Crippen LogP contribution in [0.2, 0.25) is 0 Å². The van der Waals surface area contributed by atoms with Crippen molar-refractivity contribution >= 4 is 28.1 Å². The molecular weight excluding hydrogens is 454 g/mol. The maximum absolute atomic E-state index is 6.08. The first-order valence-electron chi connectivity index (χ1n) is 12.2. The van der Waals surface area contributed by atoms with Gasteiger partial charge in [-0.15, -0.1) is 0 Å². The number of anilines is 2. The Kier molecular flexibility index (Phi) is 5.73. The van der Waals surface area contributed by atoms with Crippen molar-refractivity contribution < 1.29 is 14.3 Å². The predicted molar refractivity (Wildman–Crippen MR) is 139 cm³/mol. The van der Waals surface area contributed by atoms with Crippen LogP contribution in [0.1, 0.15) is 36.8 Å². The first-order chi connectivity index (χ1) is 17.7. The average Bonchev–Trinajstić information content (AvgIpc) is 3.66. The number of methoxy groups -OCH3 is 2. The fourth-order valence-corrected chi connectivity index (χ4v) is 5.06. The van der Waals surface area contributed by atoms with Crippen molar-refractivity contribution in [2.75, 3.05) is 19.5 Å². The van der Waals surface area contributed by atoms with Gasteiger partial charge in [-0.05, 0) is 48.7 Å². The Hall–Kier alpha value is -4.04. The number of hydrogen-bond donors (Lipinski definition) is 2. The number of benzene rings is 2.